The van der Waals surface area contributed by atoms with Gasteiger partial charge in [-0.2, -0.15) is 0 Å². The lowest BCUT2D eigenvalue weighted by Crippen LogP contribution is -2.31. The number of pyridine rings is 4. The highest BCUT2D eigenvalue weighted by Gasteiger charge is 2.16. The van der Waals surface area contributed by atoms with Crippen LogP contribution in [0, 0.1) is 41.5 Å². The zero-order valence-corrected chi connectivity index (χ0v) is 41.4. The van der Waals surface area contributed by atoms with Gasteiger partial charge < -0.3 is 0 Å². The van der Waals surface area contributed by atoms with Crippen LogP contribution in [0.3, 0.4) is 0 Å². The Morgan fingerprint density at radius 3 is 1.23 bits per heavy atom. The molecule has 0 atom stereocenters. The Bertz CT molecular complexity index is 2950. The zero-order chi connectivity index (χ0) is 49.7. The van der Waals surface area contributed by atoms with Crippen LogP contribution in [0.2, 0.25) is 0 Å². The summed E-state index contributed by atoms with van der Waals surface area (Å²) in [6.07, 6.45) is 10.5. The monoisotopic (exact) mass is 866 g/mol. The van der Waals surface area contributed by atoms with Gasteiger partial charge in [-0.25, -0.2) is 18.3 Å². The molecule has 4 nitrogen and oxygen atoms in total. The van der Waals surface area contributed by atoms with Gasteiger partial charge in [0.1, 0.15) is 28.2 Å². The quantitative estimate of drug-likeness (QED) is 0.142. The summed E-state index contributed by atoms with van der Waals surface area (Å²) in [7, 11) is 8.21. The van der Waals surface area contributed by atoms with Crippen molar-refractivity contribution in [2.45, 2.75) is 87.9 Å². The van der Waals surface area contributed by atoms with Crippen molar-refractivity contribution in [3.05, 3.63) is 214 Å². The highest BCUT2D eigenvalue weighted by atomic mass is 14.9. The largest absolute Gasteiger partial charge is 0.212 e. The second-order valence-corrected chi connectivity index (χ2v) is 17.5. The van der Waals surface area contributed by atoms with E-state index in [-0.39, 0.29) is 0 Å². The summed E-state index contributed by atoms with van der Waals surface area (Å²) in [6.45, 7) is 17.1. The van der Waals surface area contributed by atoms with Gasteiger partial charge in [-0.05, 0) is 130 Å². The predicted molar refractivity (Wildman–Crippen MR) is 273 cm³/mol. The lowest BCUT2D eigenvalue weighted by Gasteiger charge is -2.07. The SMILES string of the molecule is CCc1cc[n+](C)c(-c2ccccc2C)c1.CCc1ccc(-c2ccccc2C)[n+](C)c1.Cc1ccccc1-c1ccc(C(C)C)c[n+]1C.[2H]C([2H])([2H])c1c[n+](C)c(-c2ccccc2C)cc1C. The maximum atomic E-state index is 7.55. The molecule has 0 bridgehead atoms. The number of hydrogen-bond donors (Lipinski definition) is 0. The molecule has 0 N–H and O–H groups in total. The molecule has 0 aliphatic carbocycles. The van der Waals surface area contributed by atoms with E-state index in [4.69, 9.17) is 4.11 Å². The number of nitrogens with zero attached hydrogens (tertiary/aromatic N) is 4. The smallest absolute Gasteiger partial charge is 0.201 e. The van der Waals surface area contributed by atoms with E-state index in [9.17, 15) is 0 Å². The maximum absolute atomic E-state index is 7.55. The van der Waals surface area contributed by atoms with Gasteiger partial charge in [-0.3, -0.25) is 0 Å². The second-order valence-electron chi connectivity index (χ2n) is 17.5. The molecule has 65 heavy (non-hydrogen) atoms. The molecule has 0 saturated heterocycles. The number of rotatable bonds is 7. The third-order valence-electron chi connectivity index (χ3n) is 12.2. The molecule has 0 fully saturated rings. The Balaban J connectivity index is 0.000000170. The van der Waals surface area contributed by atoms with Crippen molar-refractivity contribution in [2.75, 3.05) is 0 Å². The first-order chi connectivity index (χ1) is 32.3. The first-order valence-corrected chi connectivity index (χ1v) is 23.1. The fourth-order valence-corrected chi connectivity index (χ4v) is 7.96. The van der Waals surface area contributed by atoms with Crippen molar-refractivity contribution in [3.63, 3.8) is 0 Å². The normalized spacial score (nSPS) is 11.4. The minimum absolute atomic E-state index is 0.410. The van der Waals surface area contributed by atoms with E-state index in [0.717, 1.165) is 29.7 Å². The van der Waals surface area contributed by atoms with Crippen molar-refractivity contribution >= 4 is 0 Å². The van der Waals surface area contributed by atoms with Crippen molar-refractivity contribution in [3.8, 4) is 45.0 Å². The Morgan fingerprint density at radius 2 is 0.815 bits per heavy atom. The van der Waals surface area contributed by atoms with E-state index in [2.05, 4.69) is 230 Å². The molecule has 8 aromatic rings. The molecular weight excluding hydrogens is 789 g/mol. The second kappa shape index (κ2) is 23.4. The molecule has 4 aromatic heterocycles. The average molecular weight is 866 g/mol. The molecule has 0 aliphatic rings. The van der Waals surface area contributed by atoms with Crippen molar-refractivity contribution in [1.29, 1.82) is 0 Å². The average Bonchev–Trinajstić information content (AvgIpc) is 3.31. The van der Waals surface area contributed by atoms with Gasteiger partial charge in [0.25, 0.3) is 0 Å². The van der Waals surface area contributed by atoms with E-state index < -0.39 is 6.85 Å². The summed E-state index contributed by atoms with van der Waals surface area (Å²) in [5.74, 6) is 0.576. The molecule has 0 aliphatic heterocycles. The van der Waals surface area contributed by atoms with Crippen LogP contribution in [0.15, 0.2) is 164 Å². The molecule has 0 unspecified atom stereocenters. The first kappa shape index (κ1) is 45.1. The summed E-state index contributed by atoms with van der Waals surface area (Å²) < 4.78 is 31.1. The van der Waals surface area contributed by atoms with Crippen molar-refractivity contribution in [1.82, 2.24) is 0 Å². The number of aromatic nitrogens is 4. The predicted octanol–water partition coefficient (Wildman–Crippen LogP) is 12.8. The third-order valence-corrected chi connectivity index (χ3v) is 12.2. The van der Waals surface area contributed by atoms with E-state index in [1.807, 2.05) is 36.7 Å². The van der Waals surface area contributed by atoms with Crippen LogP contribution < -0.4 is 18.3 Å². The summed E-state index contributed by atoms with van der Waals surface area (Å²) in [5, 5.41) is 0. The van der Waals surface area contributed by atoms with Gasteiger partial charge in [0.05, 0.1) is 0 Å². The Kier molecular flexibility index (Phi) is 16.2. The maximum Gasteiger partial charge on any atom is 0.212 e. The number of aryl methyl sites for hydroxylation is 12. The minimum atomic E-state index is -2.06. The van der Waals surface area contributed by atoms with Crippen LogP contribution >= 0.6 is 0 Å². The van der Waals surface area contributed by atoms with Gasteiger partial charge in [-0.15, -0.1) is 0 Å². The molecule has 0 saturated carbocycles. The molecule has 8 rings (SSSR count). The fourth-order valence-electron chi connectivity index (χ4n) is 7.96. The number of benzene rings is 4. The van der Waals surface area contributed by atoms with Crippen LogP contribution in [-0.4, -0.2) is 0 Å². The van der Waals surface area contributed by atoms with Gasteiger partial charge in [0.15, 0.2) is 24.8 Å². The van der Waals surface area contributed by atoms with E-state index in [1.54, 1.807) is 6.20 Å². The van der Waals surface area contributed by atoms with Crippen molar-refractivity contribution in [2.24, 2.45) is 28.2 Å². The lowest BCUT2D eigenvalue weighted by atomic mass is 10.0. The molecule has 0 spiro atoms. The number of hydrogen-bond acceptors (Lipinski definition) is 0. The van der Waals surface area contributed by atoms with Crippen LogP contribution in [0.1, 0.15) is 87.8 Å². The van der Waals surface area contributed by atoms with E-state index >= 15 is 0 Å². The third kappa shape index (κ3) is 13.0. The minimum Gasteiger partial charge on any atom is -0.201 e. The Labute approximate surface area is 396 Å². The molecule has 0 amide bonds. The summed E-state index contributed by atoms with van der Waals surface area (Å²) in [6, 6.07) is 48.9. The Hall–Kier alpha value is -6.52. The first-order valence-electron chi connectivity index (χ1n) is 24.6. The fraction of sp³-hybridized carbons (Fsp3) is 0.279. The van der Waals surface area contributed by atoms with Crippen LogP contribution in [0.4, 0.5) is 0 Å². The lowest BCUT2D eigenvalue weighted by molar-refractivity contribution is -0.661. The van der Waals surface area contributed by atoms with E-state index in [1.165, 1.54) is 72.7 Å². The molecular formula is C61H74N4+4. The molecule has 334 valence electrons. The standard InChI is InChI=1S/C16H20N.3C15H18N/c1-12(2)14-9-10-16(17(4)11-14)15-8-6-5-7-13(15)3;1-11-7-5-6-8-14(11)15-9-12(2)13(3)10-16(15)4;1-4-13-9-10-16(3)15(11-13)14-8-6-5-7-12(14)2;1-4-13-9-10-15(16(3)11-13)14-8-6-5-7-12(14)2/h5-12H,1-4H3;5-10H,1-4H3;2*5-11H,4H2,1-3H3/q4*+1/i;3D3;;. The summed E-state index contributed by atoms with van der Waals surface area (Å²) in [4.78, 5) is 0. The van der Waals surface area contributed by atoms with Gasteiger partial charge in [0.2, 0.25) is 22.8 Å². The molecule has 4 heteroatoms. The Morgan fingerprint density at radius 1 is 0.400 bits per heavy atom. The van der Waals surface area contributed by atoms with Crippen LogP contribution in [-0.2, 0) is 41.0 Å². The van der Waals surface area contributed by atoms with Gasteiger partial charge in [0, 0.05) is 73.4 Å². The summed E-state index contributed by atoms with van der Waals surface area (Å²) >= 11 is 0. The molecule has 4 aromatic carbocycles. The van der Waals surface area contributed by atoms with Gasteiger partial charge >= 0.3 is 0 Å². The molecule has 0 radical (unpaired) electrons. The topological polar surface area (TPSA) is 15.5 Å². The van der Waals surface area contributed by atoms with Gasteiger partial charge in [-0.1, -0.05) is 100 Å². The zero-order valence-electron chi connectivity index (χ0n) is 44.4. The highest BCUT2D eigenvalue weighted by Crippen LogP contribution is 2.24. The van der Waals surface area contributed by atoms with Crippen LogP contribution in [0.5, 0.6) is 0 Å². The highest BCUT2D eigenvalue weighted by molar-refractivity contribution is 5.63. The van der Waals surface area contributed by atoms with Crippen molar-refractivity contribution < 1.29 is 22.4 Å². The van der Waals surface area contributed by atoms with E-state index in [0.29, 0.717) is 11.5 Å². The molecule has 4 heterocycles. The summed E-state index contributed by atoms with van der Waals surface area (Å²) in [5.41, 5.74) is 20.4. The van der Waals surface area contributed by atoms with Crippen LogP contribution in [0.25, 0.3) is 45.0 Å².